The van der Waals surface area contributed by atoms with Crippen molar-refractivity contribution < 1.29 is 9.59 Å². The lowest BCUT2D eigenvalue weighted by Crippen LogP contribution is -2.42. The van der Waals surface area contributed by atoms with Gasteiger partial charge in [-0.05, 0) is 47.3 Å². The molecule has 1 aliphatic rings. The average Bonchev–Trinajstić information content (AvgIpc) is 2.45. The van der Waals surface area contributed by atoms with Crippen LogP contribution in [0, 0.1) is 0 Å². The number of pyridine rings is 1. The van der Waals surface area contributed by atoms with Crippen LogP contribution in [0.1, 0.15) is 29.8 Å². The van der Waals surface area contributed by atoms with Gasteiger partial charge >= 0.3 is 0 Å². The minimum absolute atomic E-state index is 0.0250. The molecule has 102 valence electrons. The summed E-state index contributed by atoms with van der Waals surface area (Å²) >= 11 is 3.21. The molecule has 1 saturated heterocycles. The van der Waals surface area contributed by atoms with Crippen molar-refractivity contribution >= 4 is 27.7 Å². The molecular weight excluding hydrogens is 310 g/mol. The molecule has 19 heavy (non-hydrogen) atoms. The summed E-state index contributed by atoms with van der Waals surface area (Å²) in [6.07, 6.45) is 3.28. The third-order valence-corrected chi connectivity index (χ3v) is 3.50. The van der Waals surface area contributed by atoms with Crippen LogP contribution in [0.2, 0.25) is 0 Å². The number of carbonyl (C=O) groups excluding carboxylic acids is 2. The van der Waals surface area contributed by atoms with Gasteiger partial charge in [0.15, 0.2) is 0 Å². The van der Waals surface area contributed by atoms with E-state index >= 15 is 0 Å². The summed E-state index contributed by atoms with van der Waals surface area (Å²) in [4.78, 5) is 29.5. The van der Waals surface area contributed by atoms with Crippen molar-refractivity contribution in [3.05, 3.63) is 28.5 Å². The fourth-order valence-electron chi connectivity index (χ4n) is 2.04. The molecule has 0 saturated carbocycles. The van der Waals surface area contributed by atoms with Crippen LogP contribution in [-0.2, 0) is 4.79 Å². The molecular formula is C13H16BrN3O2. The molecule has 6 heteroatoms. The minimum Gasteiger partial charge on any atom is -0.342 e. The molecule has 1 fully saturated rings. The fraction of sp³-hybridized carbons (Fsp3) is 0.462. The van der Waals surface area contributed by atoms with Crippen molar-refractivity contribution in [2.24, 2.45) is 0 Å². The van der Waals surface area contributed by atoms with Gasteiger partial charge < -0.3 is 10.2 Å². The molecule has 0 aliphatic carbocycles. The van der Waals surface area contributed by atoms with E-state index in [0.29, 0.717) is 10.3 Å². The van der Waals surface area contributed by atoms with E-state index in [2.05, 4.69) is 26.2 Å². The second-order valence-electron chi connectivity index (χ2n) is 4.47. The van der Waals surface area contributed by atoms with Crippen molar-refractivity contribution in [2.75, 3.05) is 19.6 Å². The van der Waals surface area contributed by atoms with Crippen molar-refractivity contribution in [1.29, 1.82) is 0 Å². The van der Waals surface area contributed by atoms with Crippen LogP contribution < -0.4 is 5.32 Å². The number of aromatic nitrogens is 1. The van der Waals surface area contributed by atoms with E-state index in [0.717, 1.165) is 25.9 Å². The standard InChI is InChI=1S/C13H16BrN3O2/c14-11-6-4-5-10(16-11)13(19)15-9-12(18)17-7-2-1-3-8-17/h4-6H,1-3,7-9H2,(H,15,19). The zero-order valence-electron chi connectivity index (χ0n) is 10.6. The van der Waals surface area contributed by atoms with E-state index in [1.165, 1.54) is 6.42 Å². The lowest BCUT2D eigenvalue weighted by molar-refractivity contribution is -0.130. The summed E-state index contributed by atoms with van der Waals surface area (Å²) in [5, 5.41) is 2.61. The average molecular weight is 326 g/mol. The Bertz CT molecular complexity index is 473. The van der Waals surface area contributed by atoms with Crippen molar-refractivity contribution in [1.82, 2.24) is 15.2 Å². The Balaban J connectivity index is 1.84. The summed E-state index contributed by atoms with van der Waals surface area (Å²) in [6, 6.07) is 5.10. The highest BCUT2D eigenvalue weighted by molar-refractivity contribution is 9.10. The Kier molecular flexibility index (Phi) is 4.90. The van der Waals surface area contributed by atoms with Gasteiger partial charge in [0.05, 0.1) is 6.54 Å². The van der Waals surface area contributed by atoms with E-state index in [4.69, 9.17) is 0 Å². The van der Waals surface area contributed by atoms with Crippen LogP contribution >= 0.6 is 15.9 Å². The van der Waals surface area contributed by atoms with Crippen molar-refractivity contribution in [3.63, 3.8) is 0 Å². The van der Waals surface area contributed by atoms with Crippen LogP contribution in [0.15, 0.2) is 22.8 Å². The number of hydrogen-bond acceptors (Lipinski definition) is 3. The number of rotatable bonds is 3. The lowest BCUT2D eigenvalue weighted by atomic mass is 10.1. The number of nitrogens with zero attached hydrogens (tertiary/aromatic N) is 2. The molecule has 0 aromatic carbocycles. The summed E-state index contributed by atoms with van der Waals surface area (Å²) in [5.41, 5.74) is 0.306. The number of halogens is 1. The zero-order chi connectivity index (χ0) is 13.7. The Hall–Kier alpha value is -1.43. The van der Waals surface area contributed by atoms with Gasteiger partial charge in [-0.2, -0.15) is 0 Å². The summed E-state index contributed by atoms with van der Waals surface area (Å²) in [5.74, 6) is -0.352. The van der Waals surface area contributed by atoms with Crippen LogP contribution in [0.25, 0.3) is 0 Å². The predicted molar refractivity (Wildman–Crippen MR) is 74.7 cm³/mol. The Morgan fingerprint density at radius 2 is 2.00 bits per heavy atom. The third-order valence-electron chi connectivity index (χ3n) is 3.06. The number of carbonyl (C=O) groups is 2. The normalized spacial score (nSPS) is 15.1. The van der Waals surface area contributed by atoms with Crippen molar-refractivity contribution in [3.8, 4) is 0 Å². The van der Waals surface area contributed by atoms with Gasteiger partial charge in [0.1, 0.15) is 10.3 Å². The van der Waals surface area contributed by atoms with Crippen LogP contribution in [-0.4, -0.2) is 41.3 Å². The molecule has 2 amide bonds. The Morgan fingerprint density at radius 1 is 1.26 bits per heavy atom. The van der Waals surface area contributed by atoms with E-state index in [-0.39, 0.29) is 18.4 Å². The summed E-state index contributed by atoms with van der Waals surface area (Å²) < 4.78 is 0.600. The highest BCUT2D eigenvalue weighted by atomic mass is 79.9. The molecule has 1 aromatic rings. The van der Waals surface area contributed by atoms with E-state index in [1.807, 2.05) is 0 Å². The SMILES string of the molecule is O=C(NCC(=O)N1CCCCC1)c1cccc(Br)n1. The molecule has 1 N–H and O–H groups in total. The third kappa shape index (κ3) is 4.02. The van der Waals surface area contributed by atoms with Gasteiger partial charge in [-0.3, -0.25) is 9.59 Å². The maximum atomic E-state index is 11.9. The van der Waals surface area contributed by atoms with Crippen LogP contribution in [0.4, 0.5) is 0 Å². The number of nitrogens with one attached hydrogen (secondary N) is 1. The molecule has 2 rings (SSSR count). The molecule has 0 spiro atoms. The first-order valence-corrected chi connectivity index (χ1v) is 7.14. The van der Waals surface area contributed by atoms with Gasteiger partial charge in [-0.1, -0.05) is 6.07 Å². The number of hydrogen-bond donors (Lipinski definition) is 1. The molecule has 1 aromatic heterocycles. The second kappa shape index (κ2) is 6.65. The Morgan fingerprint density at radius 3 is 2.68 bits per heavy atom. The van der Waals surface area contributed by atoms with Crippen LogP contribution in [0.3, 0.4) is 0 Å². The monoisotopic (exact) mass is 325 g/mol. The molecule has 0 atom stereocenters. The van der Waals surface area contributed by atoms with Crippen molar-refractivity contribution in [2.45, 2.75) is 19.3 Å². The number of piperidine rings is 1. The lowest BCUT2D eigenvalue weighted by Gasteiger charge is -2.26. The quantitative estimate of drug-likeness (QED) is 0.858. The highest BCUT2D eigenvalue weighted by Crippen LogP contribution is 2.08. The second-order valence-corrected chi connectivity index (χ2v) is 5.28. The zero-order valence-corrected chi connectivity index (χ0v) is 12.1. The number of amides is 2. The minimum atomic E-state index is -0.327. The summed E-state index contributed by atoms with van der Waals surface area (Å²) in [6.45, 7) is 1.63. The molecule has 0 radical (unpaired) electrons. The topological polar surface area (TPSA) is 62.3 Å². The molecule has 2 heterocycles. The largest absolute Gasteiger partial charge is 0.342 e. The van der Waals surface area contributed by atoms with E-state index in [9.17, 15) is 9.59 Å². The smallest absolute Gasteiger partial charge is 0.270 e. The molecule has 1 aliphatic heterocycles. The molecule has 0 bridgehead atoms. The maximum Gasteiger partial charge on any atom is 0.270 e. The van der Waals surface area contributed by atoms with Crippen LogP contribution in [0.5, 0.6) is 0 Å². The first kappa shape index (κ1) is 14.0. The predicted octanol–water partition coefficient (Wildman–Crippen LogP) is 1.59. The number of likely N-dealkylation sites (tertiary alicyclic amines) is 1. The summed E-state index contributed by atoms with van der Waals surface area (Å²) in [7, 11) is 0. The van der Waals surface area contributed by atoms with Gasteiger partial charge in [0.2, 0.25) is 5.91 Å². The Labute approximate surface area is 120 Å². The van der Waals surface area contributed by atoms with Gasteiger partial charge in [0, 0.05) is 13.1 Å². The maximum absolute atomic E-state index is 11.9. The van der Waals surface area contributed by atoms with Gasteiger partial charge in [0.25, 0.3) is 5.91 Å². The van der Waals surface area contributed by atoms with Gasteiger partial charge in [-0.25, -0.2) is 4.98 Å². The highest BCUT2D eigenvalue weighted by Gasteiger charge is 2.17. The molecule has 5 nitrogen and oxygen atoms in total. The van der Waals surface area contributed by atoms with E-state index in [1.54, 1.807) is 23.1 Å². The fourth-order valence-corrected chi connectivity index (χ4v) is 2.38. The molecule has 0 unspecified atom stereocenters. The van der Waals surface area contributed by atoms with Gasteiger partial charge in [-0.15, -0.1) is 0 Å². The van der Waals surface area contributed by atoms with E-state index < -0.39 is 0 Å². The first-order chi connectivity index (χ1) is 9.16. The first-order valence-electron chi connectivity index (χ1n) is 6.35.